The summed E-state index contributed by atoms with van der Waals surface area (Å²) in [7, 11) is -4.92. The first kappa shape index (κ1) is 41.5. The van der Waals surface area contributed by atoms with Crippen LogP contribution in [0.5, 0.6) is 0 Å². The van der Waals surface area contributed by atoms with Crippen LogP contribution in [0.1, 0.15) is 29.2 Å². The molecule has 4 aromatic rings. The monoisotopic (exact) mass is 865 g/mol. The third-order valence-corrected chi connectivity index (χ3v) is 12.6. The molecule has 1 aromatic carbocycles. The van der Waals surface area contributed by atoms with Crippen molar-refractivity contribution < 1.29 is 54.8 Å². The molecule has 3 fully saturated rings. The Balaban J connectivity index is 1.21. The van der Waals surface area contributed by atoms with Crippen LogP contribution in [-0.2, 0) is 53.0 Å². The summed E-state index contributed by atoms with van der Waals surface area (Å²) in [5.74, 6) is -0.501. The zero-order valence-electron chi connectivity index (χ0n) is 29.6. The molecule has 306 valence electrons. The number of aromatic amines is 1. The zero-order valence-corrected chi connectivity index (χ0v) is 32.3. The number of benzene rings is 1. The summed E-state index contributed by atoms with van der Waals surface area (Å²) in [6.07, 6.45) is -11.5. The standard InChI is InChI=1S/C32H31F2N9O12P2S/c1-36-10-13-49-57(58)51-15-20-25(22(33)31(53-20)43-17-39-24-27(37-16-38-28(24)43)41-29(45)18-6-3-2-4-7-18)54-56(47,48-12-5-9-35)50-14-19-26(55-57)23(34)30(52-19)42-11-8-21(44)40-32(42)46/h2-4,6-8,11,16-17,19-20,22-23,25-26,30-31H,5,10,12-15H2,(H,40,44,46)(H,37,38,41,45)/t19-,20-,22+,23+,25?,26?,30-,31-,56?,57?/m1/s1. The molecule has 3 aliphatic heterocycles. The van der Waals surface area contributed by atoms with Gasteiger partial charge in [-0.15, -0.1) is 0 Å². The number of ether oxygens (including phenoxy) is 2. The number of imidazole rings is 1. The molecule has 21 nitrogen and oxygen atoms in total. The number of alkyl halides is 2. The van der Waals surface area contributed by atoms with Crippen LogP contribution in [0.4, 0.5) is 14.6 Å². The van der Waals surface area contributed by atoms with Crippen LogP contribution in [0.3, 0.4) is 0 Å². The fourth-order valence-electron chi connectivity index (χ4n) is 6.11. The number of amides is 1. The highest BCUT2D eigenvalue weighted by atomic mass is 32.5. The summed E-state index contributed by atoms with van der Waals surface area (Å²) >= 11 is 5.63. The average molecular weight is 866 g/mol. The number of H-pyrrole nitrogens is 1. The first-order chi connectivity index (χ1) is 27.9. The van der Waals surface area contributed by atoms with Gasteiger partial charge in [0.15, 0.2) is 41.8 Å². The van der Waals surface area contributed by atoms with Gasteiger partial charge in [0, 0.05) is 17.8 Å². The topological polar surface area (TPSA) is 247 Å². The SMILES string of the molecule is [C-]#[N+]CCOP1(=S)OC[C@H]2O[C@@H](n3cnc4c(NC(=O)c5ccccc5)ncnc43)[C@@H](F)C2OP(=O)(OCCC#N)OC[C@H]2O[C@@H](n3ccc(=O)[nH]c3=O)[C@@H](F)C2O1. The second kappa shape index (κ2) is 17.7. The van der Waals surface area contributed by atoms with E-state index in [-0.39, 0.29) is 36.6 Å². The fourth-order valence-corrected chi connectivity index (χ4v) is 9.58. The predicted octanol–water partition coefficient (Wildman–Crippen LogP) is 3.12. The molecule has 7 rings (SSSR count). The van der Waals surface area contributed by atoms with Crippen molar-refractivity contribution in [3.05, 3.63) is 93.1 Å². The van der Waals surface area contributed by atoms with E-state index >= 15 is 8.78 Å². The first-order valence-electron chi connectivity index (χ1n) is 17.2. The molecule has 3 aliphatic rings. The molecule has 1 amide bonds. The van der Waals surface area contributed by atoms with Gasteiger partial charge in [-0.05, 0) is 23.9 Å². The molecule has 0 spiro atoms. The third kappa shape index (κ3) is 8.83. The number of nitrogens with zero attached hydrogens (tertiary/aromatic N) is 7. The van der Waals surface area contributed by atoms with Crippen molar-refractivity contribution in [2.45, 2.75) is 55.6 Å². The normalized spacial score (nSPS) is 31.2. The predicted molar refractivity (Wildman–Crippen MR) is 196 cm³/mol. The lowest BCUT2D eigenvalue weighted by atomic mass is 10.1. The van der Waals surface area contributed by atoms with E-state index in [0.717, 1.165) is 23.2 Å². The summed E-state index contributed by atoms with van der Waals surface area (Å²) in [5.41, 5.74) is -1.39. The average Bonchev–Trinajstić information content (AvgIpc) is 3.86. The second-order valence-corrected chi connectivity index (χ2v) is 17.1. The molecule has 0 aliphatic carbocycles. The highest BCUT2D eigenvalue weighted by Crippen LogP contribution is 2.58. The van der Waals surface area contributed by atoms with Crippen molar-refractivity contribution in [3.63, 3.8) is 0 Å². The summed E-state index contributed by atoms with van der Waals surface area (Å²) in [4.78, 5) is 55.0. The highest BCUT2D eigenvalue weighted by Gasteiger charge is 2.55. The number of phosphoric acid groups is 1. The van der Waals surface area contributed by atoms with E-state index in [1.807, 2.05) is 4.98 Å². The number of rotatable bonds is 10. The highest BCUT2D eigenvalue weighted by molar-refractivity contribution is 8.07. The number of nitrogens with one attached hydrogen (secondary N) is 2. The van der Waals surface area contributed by atoms with Gasteiger partial charge < -0.3 is 28.7 Å². The molecule has 6 heterocycles. The van der Waals surface area contributed by atoms with E-state index < -0.39 is 101 Å². The van der Waals surface area contributed by atoms with Crippen molar-refractivity contribution in [2.75, 3.05) is 38.3 Å². The lowest BCUT2D eigenvalue weighted by molar-refractivity contribution is -0.0670. The van der Waals surface area contributed by atoms with Gasteiger partial charge in [-0.3, -0.25) is 41.8 Å². The van der Waals surface area contributed by atoms with Crippen molar-refractivity contribution in [2.24, 2.45) is 0 Å². The van der Waals surface area contributed by atoms with E-state index in [0.29, 0.717) is 5.56 Å². The Morgan fingerprint density at radius 1 is 1.02 bits per heavy atom. The Labute approximate surface area is 330 Å². The number of phosphoric ester groups is 1. The van der Waals surface area contributed by atoms with E-state index in [2.05, 4.69) is 25.1 Å². The summed E-state index contributed by atoms with van der Waals surface area (Å²) < 4.78 is 95.5. The Bertz CT molecular complexity index is 2450. The Hall–Kier alpha value is -4.68. The molecular formula is C32H31F2N9O12P2S. The van der Waals surface area contributed by atoms with Crippen molar-refractivity contribution in [3.8, 4) is 6.07 Å². The number of hydrogen-bond acceptors (Lipinski definition) is 17. The lowest BCUT2D eigenvalue weighted by Crippen LogP contribution is -2.38. The molecule has 0 radical (unpaired) electrons. The van der Waals surface area contributed by atoms with Gasteiger partial charge in [0.25, 0.3) is 11.5 Å². The van der Waals surface area contributed by atoms with Crippen LogP contribution in [0.2, 0.25) is 0 Å². The van der Waals surface area contributed by atoms with Crippen LogP contribution in [0.15, 0.2) is 64.8 Å². The number of hydrogen-bond donors (Lipinski definition) is 2. The minimum Gasteiger partial charge on any atom is -0.346 e. The molecule has 58 heavy (non-hydrogen) atoms. The molecular weight excluding hydrogens is 834 g/mol. The lowest BCUT2D eigenvalue weighted by Gasteiger charge is -2.31. The zero-order chi connectivity index (χ0) is 41.0. The minimum atomic E-state index is -4.92. The molecule has 0 bridgehead atoms. The maximum absolute atomic E-state index is 16.8. The molecule has 0 saturated carbocycles. The van der Waals surface area contributed by atoms with Crippen molar-refractivity contribution >= 4 is 49.2 Å². The number of fused-ring (bicyclic) bond motifs is 3. The van der Waals surface area contributed by atoms with Gasteiger partial charge in [0.1, 0.15) is 37.4 Å². The van der Waals surface area contributed by atoms with Gasteiger partial charge in [-0.1, -0.05) is 18.2 Å². The third-order valence-electron chi connectivity index (χ3n) is 8.77. The molecule has 2 N–H and O–H groups in total. The largest absolute Gasteiger partial charge is 0.475 e. The quantitative estimate of drug-likeness (QED) is 0.132. The van der Waals surface area contributed by atoms with Gasteiger partial charge >= 0.3 is 20.2 Å². The molecule has 3 saturated heterocycles. The Morgan fingerprint density at radius 2 is 1.72 bits per heavy atom. The maximum atomic E-state index is 16.8. The number of carbonyl (C=O) groups excluding carboxylic acids is 1. The van der Waals surface area contributed by atoms with Gasteiger partial charge in [0.05, 0.1) is 38.6 Å². The van der Waals surface area contributed by atoms with E-state index in [1.54, 1.807) is 36.4 Å². The molecule has 26 heteroatoms. The molecule has 4 unspecified atom stereocenters. The van der Waals surface area contributed by atoms with Gasteiger partial charge in [-0.25, -0.2) is 39.7 Å². The van der Waals surface area contributed by atoms with Crippen molar-refractivity contribution in [1.82, 2.24) is 29.1 Å². The number of carbonyl (C=O) groups is 1. The van der Waals surface area contributed by atoms with Gasteiger partial charge in [-0.2, -0.15) is 5.26 Å². The van der Waals surface area contributed by atoms with Gasteiger partial charge in [0.2, 0.25) is 6.54 Å². The van der Waals surface area contributed by atoms with E-state index in [4.69, 9.17) is 60.3 Å². The van der Waals surface area contributed by atoms with E-state index in [1.165, 1.54) is 10.9 Å². The number of nitriles is 1. The minimum absolute atomic E-state index is 0.00174. The smallest absolute Gasteiger partial charge is 0.346 e. The number of aromatic nitrogens is 6. The summed E-state index contributed by atoms with van der Waals surface area (Å²) in [5, 5.41) is 11.8. The van der Waals surface area contributed by atoms with Crippen molar-refractivity contribution in [1.29, 1.82) is 5.26 Å². The van der Waals surface area contributed by atoms with Crippen LogP contribution in [0, 0.1) is 17.9 Å². The number of anilines is 1. The first-order valence-corrected chi connectivity index (χ1v) is 21.2. The summed E-state index contributed by atoms with van der Waals surface area (Å²) in [6, 6.07) is 11.0. The van der Waals surface area contributed by atoms with Crippen LogP contribution < -0.4 is 16.6 Å². The Kier molecular flexibility index (Phi) is 12.6. The number of halogens is 2. The Morgan fingerprint density at radius 3 is 2.43 bits per heavy atom. The van der Waals surface area contributed by atoms with Crippen LogP contribution in [-0.4, -0.2) is 105 Å². The maximum Gasteiger partial charge on any atom is 0.475 e. The van der Waals surface area contributed by atoms with Crippen LogP contribution >= 0.6 is 14.5 Å². The summed E-state index contributed by atoms with van der Waals surface area (Å²) in [6.45, 7) is 0.422. The fraction of sp³-hybridized carbons (Fsp3) is 0.438. The molecule has 3 aromatic heterocycles. The second-order valence-electron chi connectivity index (χ2n) is 12.5. The molecule has 10 atom stereocenters. The van der Waals surface area contributed by atoms with Crippen LogP contribution in [0.25, 0.3) is 16.0 Å². The van der Waals surface area contributed by atoms with E-state index in [9.17, 15) is 18.9 Å².